The van der Waals surface area contributed by atoms with Crippen LogP contribution in [0.25, 0.3) is 0 Å². The number of likely N-dealkylation sites (tertiary alicyclic amines) is 1. The number of fused-ring (bicyclic) bond motifs is 2. The van der Waals surface area contributed by atoms with E-state index in [0.717, 1.165) is 24.5 Å². The summed E-state index contributed by atoms with van der Waals surface area (Å²) in [4.78, 5) is 5.29. The summed E-state index contributed by atoms with van der Waals surface area (Å²) in [6, 6.07) is 1.68. The van der Waals surface area contributed by atoms with Gasteiger partial charge in [-0.1, -0.05) is 6.92 Å². The molecule has 2 N–H and O–H groups in total. The van der Waals surface area contributed by atoms with E-state index in [-0.39, 0.29) is 0 Å². The molecule has 0 amide bonds. The van der Waals surface area contributed by atoms with Gasteiger partial charge in [-0.05, 0) is 51.7 Å². The Hall–Kier alpha value is -0.120. The Morgan fingerprint density at radius 1 is 1.25 bits per heavy atom. The van der Waals surface area contributed by atoms with Crippen LogP contribution in [0.4, 0.5) is 0 Å². The van der Waals surface area contributed by atoms with Crippen LogP contribution in [0.5, 0.6) is 0 Å². The van der Waals surface area contributed by atoms with E-state index < -0.39 is 0 Å². The lowest BCUT2D eigenvalue weighted by molar-refractivity contribution is 0.199. The third-order valence-corrected chi connectivity index (χ3v) is 4.46. The molecule has 3 nitrogen and oxygen atoms in total. The highest BCUT2D eigenvalue weighted by atomic mass is 15.3. The van der Waals surface area contributed by atoms with Crippen molar-refractivity contribution in [2.75, 3.05) is 33.2 Å². The normalized spacial score (nSPS) is 33.9. The fourth-order valence-corrected chi connectivity index (χ4v) is 3.36. The van der Waals surface area contributed by atoms with Crippen LogP contribution in [0.1, 0.15) is 32.6 Å². The summed E-state index contributed by atoms with van der Waals surface area (Å²) in [6.07, 6.45) is 5.36. The Morgan fingerprint density at radius 2 is 2.00 bits per heavy atom. The quantitative estimate of drug-likeness (QED) is 0.779. The van der Waals surface area contributed by atoms with Crippen molar-refractivity contribution in [3.63, 3.8) is 0 Å². The molecule has 0 spiro atoms. The van der Waals surface area contributed by atoms with Gasteiger partial charge in [-0.25, -0.2) is 0 Å². The minimum atomic E-state index is 0.756. The minimum Gasteiger partial charge on any atom is -0.330 e. The highest BCUT2D eigenvalue weighted by molar-refractivity contribution is 4.91. The molecule has 0 aromatic carbocycles. The van der Waals surface area contributed by atoms with Crippen LogP contribution >= 0.6 is 0 Å². The summed E-state index contributed by atoms with van der Waals surface area (Å²) in [6.45, 7) is 6.98. The van der Waals surface area contributed by atoms with E-state index in [4.69, 9.17) is 5.73 Å². The molecule has 2 saturated heterocycles. The van der Waals surface area contributed by atoms with Crippen molar-refractivity contribution >= 4 is 0 Å². The first kappa shape index (κ1) is 12.3. The standard InChI is InChI=1S/C13H27N3/c1-11(5-7-14)9-16-8-6-12-3-4-13(10-16)15(12)2/h11-13H,3-10,14H2,1-2H3. The Balaban J connectivity index is 1.84. The van der Waals surface area contributed by atoms with Crippen LogP contribution in [0.15, 0.2) is 0 Å². The number of likely N-dealkylation sites (N-methyl/N-ethyl adjacent to an activating group) is 1. The van der Waals surface area contributed by atoms with E-state index >= 15 is 0 Å². The number of nitrogens with zero attached hydrogens (tertiary/aromatic N) is 2. The van der Waals surface area contributed by atoms with Gasteiger partial charge < -0.3 is 10.6 Å². The predicted molar refractivity (Wildman–Crippen MR) is 68.5 cm³/mol. The van der Waals surface area contributed by atoms with Gasteiger partial charge in [-0.15, -0.1) is 0 Å². The number of hydrogen-bond donors (Lipinski definition) is 1. The molecule has 2 aliphatic heterocycles. The first-order valence-corrected chi connectivity index (χ1v) is 6.85. The molecule has 0 saturated carbocycles. The van der Waals surface area contributed by atoms with Crippen molar-refractivity contribution in [1.82, 2.24) is 9.80 Å². The first-order chi connectivity index (χ1) is 7.70. The molecule has 3 heteroatoms. The monoisotopic (exact) mass is 225 g/mol. The van der Waals surface area contributed by atoms with Crippen molar-refractivity contribution in [3.05, 3.63) is 0 Å². The second-order valence-electron chi connectivity index (χ2n) is 5.78. The van der Waals surface area contributed by atoms with E-state index in [1.165, 1.54) is 45.3 Å². The van der Waals surface area contributed by atoms with Crippen LogP contribution in [-0.2, 0) is 0 Å². The topological polar surface area (TPSA) is 32.5 Å². The summed E-state index contributed by atoms with van der Waals surface area (Å²) in [5.74, 6) is 0.756. The molecule has 0 aromatic heterocycles. The molecule has 3 atom stereocenters. The second kappa shape index (κ2) is 5.48. The SMILES string of the molecule is CC(CCN)CN1CCC2CCC(C1)N2C. The second-order valence-corrected chi connectivity index (χ2v) is 5.78. The third-order valence-electron chi connectivity index (χ3n) is 4.46. The highest BCUT2D eigenvalue weighted by Gasteiger charge is 2.34. The number of rotatable bonds is 4. The van der Waals surface area contributed by atoms with Gasteiger partial charge in [-0.3, -0.25) is 4.90 Å². The zero-order chi connectivity index (χ0) is 11.5. The molecule has 0 radical (unpaired) electrons. The van der Waals surface area contributed by atoms with Crippen LogP contribution < -0.4 is 5.73 Å². The number of hydrogen-bond acceptors (Lipinski definition) is 3. The lowest BCUT2D eigenvalue weighted by Gasteiger charge is -2.27. The highest BCUT2D eigenvalue weighted by Crippen LogP contribution is 2.28. The van der Waals surface area contributed by atoms with Crippen molar-refractivity contribution in [2.24, 2.45) is 11.7 Å². The van der Waals surface area contributed by atoms with Gasteiger partial charge >= 0.3 is 0 Å². The Labute approximate surface area is 100.0 Å². The Bertz CT molecular complexity index is 219. The van der Waals surface area contributed by atoms with E-state index in [0.29, 0.717) is 0 Å². The van der Waals surface area contributed by atoms with Gasteiger partial charge in [0, 0.05) is 25.2 Å². The van der Waals surface area contributed by atoms with Gasteiger partial charge in [0.1, 0.15) is 0 Å². The van der Waals surface area contributed by atoms with Crippen molar-refractivity contribution in [3.8, 4) is 0 Å². The maximum atomic E-state index is 5.62. The molecular formula is C13H27N3. The molecule has 0 aliphatic carbocycles. The molecule has 94 valence electrons. The predicted octanol–water partition coefficient (Wildman–Crippen LogP) is 1.14. The summed E-state index contributed by atoms with van der Waals surface area (Å²) in [7, 11) is 2.31. The molecule has 0 aromatic rings. The van der Waals surface area contributed by atoms with Gasteiger partial charge in [0.15, 0.2) is 0 Å². The van der Waals surface area contributed by atoms with Gasteiger partial charge in [0.05, 0.1) is 0 Å². The van der Waals surface area contributed by atoms with Crippen molar-refractivity contribution in [1.29, 1.82) is 0 Å². The maximum Gasteiger partial charge on any atom is 0.0223 e. The van der Waals surface area contributed by atoms with Crippen molar-refractivity contribution in [2.45, 2.75) is 44.7 Å². The van der Waals surface area contributed by atoms with E-state index in [2.05, 4.69) is 23.8 Å². The summed E-state index contributed by atoms with van der Waals surface area (Å²) in [5, 5.41) is 0. The molecule has 2 fully saturated rings. The Morgan fingerprint density at radius 3 is 2.75 bits per heavy atom. The minimum absolute atomic E-state index is 0.756. The van der Waals surface area contributed by atoms with Gasteiger partial charge in [-0.2, -0.15) is 0 Å². The fraction of sp³-hybridized carbons (Fsp3) is 1.00. The zero-order valence-electron chi connectivity index (χ0n) is 10.9. The molecule has 16 heavy (non-hydrogen) atoms. The zero-order valence-corrected chi connectivity index (χ0v) is 10.9. The van der Waals surface area contributed by atoms with E-state index in [1.807, 2.05) is 0 Å². The summed E-state index contributed by atoms with van der Waals surface area (Å²) in [5.41, 5.74) is 5.62. The van der Waals surface area contributed by atoms with Crippen LogP contribution in [-0.4, -0.2) is 55.1 Å². The fourth-order valence-electron chi connectivity index (χ4n) is 3.36. The van der Waals surface area contributed by atoms with E-state index in [9.17, 15) is 0 Å². The lowest BCUT2D eigenvalue weighted by Crippen LogP contribution is -2.38. The molecular weight excluding hydrogens is 198 g/mol. The molecule has 2 heterocycles. The average Bonchev–Trinajstić information content (AvgIpc) is 2.47. The lowest BCUT2D eigenvalue weighted by atomic mass is 10.0. The van der Waals surface area contributed by atoms with Crippen LogP contribution in [0, 0.1) is 5.92 Å². The molecule has 2 aliphatic rings. The molecule has 2 bridgehead atoms. The molecule has 2 rings (SSSR count). The van der Waals surface area contributed by atoms with Crippen molar-refractivity contribution < 1.29 is 0 Å². The summed E-state index contributed by atoms with van der Waals surface area (Å²) < 4.78 is 0. The maximum absolute atomic E-state index is 5.62. The van der Waals surface area contributed by atoms with Crippen LogP contribution in [0.3, 0.4) is 0 Å². The third kappa shape index (κ3) is 2.76. The van der Waals surface area contributed by atoms with Gasteiger partial charge in [0.2, 0.25) is 0 Å². The largest absolute Gasteiger partial charge is 0.330 e. The van der Waals surface area contributed by atoms with Gasteiger partial charge in [0.25, 0.3) is 0 Å². The number of nitrogens with two attached hydrogens (primary N) is 1. The first-order valence-electron chi connectivity index (χ1n) is 6.85. The smallest absolute Gasteiger partial charge is 0.0223 e. The van der Waals surface area contributed by atoms with Crippen LogP contribution in [0.2, 0.25) is 0 Å². The van der Waals surface area contributed by atoms with E-state index in [1.54, 1.807) is 0 Å². The Kier molecular flexibility index (Phi) is 4.22. The average molecular weight is 225 g/mol. The molecule has 3 unspecified atom stereocenters. The summed E-state index contributed by atoms with van der Waals surface area (Å²) >= 11 is 0.